The molecule has 1 atom stereocenters. The van der Waals surface area contributed by atoms with E-state index in [1.807, 2.05) is 30.3 Å². The lowest BCUT2D eigenvalue weighted by molar-refractivity contribution is -0.137. The molecule has 0 saturated heterocycles. The first-order chi connectivity index (χ1) is 9.84. The van der Waals surface area contributed by atoms with Crippen LogP contribution < -0.4 is 10.6 Å². The molecule has 0 aliphatic rings. The van der Waals surface area contributed by atoms with Gasteiger partial charge in [0.2, 0.25) is 0 Å². The molecule has 1 aromatic rings. The Kier molecular flexibility index (Phi) is 5.79. The zero-order valence-corrected chi connectivity index (χ0v) is 12.2. The molecular weight excluding hydrogens is 268 g/mol. The number of rotatable bonds is 6. The van der Waals surface area contributed by atoms with Gasteiger partial charge in [-0.3, -0.25) is 4.79 Å². The molecule has 0 saturated carbocycles. The van der Waals surface area contributed by atoms with Crippen LogP contribution in [0.5, 0.6) is 0 Å². The summed E-state index contributed by atoms with van der Waals surface area (Å²) in [5, 5.41) is 14.2. The van der Waals surface area contributed by atoms with Gasteiger partial charge in [-0.05, 0) is 25.8 Å². The Morgan fingerprint density at radius 3 is 2.48 bits per heavy atom. The highest BCUT2D eigenvalue weighted by molar-refractivity contribution is 5.76. The highest BCUT2D eigenvalue weighted by atomic mass is 16.4. The maximum Gasteiger partial charge on any atom is 0.316 e. The fourth-order valence-corrected chi connectivity index (χ4v) is 1.79. The van der Waals surface area contributed by atoms with Gasteiger partial charge in [0.15, 0.2) is 0 Å². The van der Waals surface area contributed by atoms with Crippen molar-refractivity contribution in [2.45, 2.75) is 38.3 Å². The van der Waals surface area contributed by atoms with Gasteiger partial charge >= 0.3 is 12.0 Å². The van der Waals surface area contributed by atoms with Crippen molar-refractivity contribution in [1.82, 2.24) is 10.6 Å². The maximum atomic E-state index is 12.0. The number of terminal acetylenes is 1. The Hall–Kier alpha value is -2.48. The van der Waals surface area contributed by atoms with E-state index in [0.717, 1.165) is 5.56 Å². The van der Waals surface area contributed by atoms with E-state index in [4.69, 9.17) is 11.5 Å². The molecule has 21 heavy (non-hydrogen) atoms. The van der Waals surface area contributed by atoms with Crippen LogP contribution in [-0.2, 0) is 4.79 Å². The number of urea groups is 1. The zero-order chi connectivity index (χ0) is 15.9. The van der Waals surface area contributed by atoms with Gasteiger partial charge in [0, 0.05) is 6.42 Å². The fourth-order valence-electron chi connectivity index (χ4n) is 1.79. The summed E-state index contributed by atoms with van der Waals surface area (Å²) in [5.41, 5.74) is 0.0883. The molecule has 1 rings (SSSR count). The van der Waals surface area contributed by atoms with Gasteiger partial charge in [-0.15, -0.1) is 6.42 Å². The normalized spacial score (nSPS) is 12.0. The van der Waals surface area contributed by atoms with E-state index in [1.54, 1.807) is 13.8 Å². The van der Waals surface area contributed by atoms with Crippen LogP contribution in [0.15, 0.2) is 30.3 Å². The summed E-state index contributed by atoms with van der Waals surface area (Å²) in [4.78, 5) is 22.7. The number of nitrogens with one attached hydrogen (secondary N) is 2. The molecule has 0 spiro atoms. The Labute approximate surface area is 124 Å². The summed E-state index contributed by atoms with van der Waals surface area (Å²) >= 11 is 0. The highest BCUT2D eigenvalue weighted by Crippen LogP contribution is 2.18. The van der Waals surface area contributed by atoms with E-state index in [1.165, 1.54) is 0 Å². The van der Waals surface area contributed by atoms with E-state index >= 15 is 0 Å². The topological polar surface area (TPSA) is 78.4 Å². The number of aliphatic carboxylic acids is 1. The van der Waals surface area contributed by atoms with Gasteiger partial charge in [0.05, 0.1) is 11.6 Å². The van der Waals surface area contributed by atoms with E-state index < -0.39 is 17.5 Å². The minimum Gasteiger partial charge on any atom is -0.481 e. The number of hydrogen-bond acceptors (Lipinski definition) is 2. The van der Waals surface area contributed by atoms with Crippen LogP contribution in [0.1, 0.15) is 38.3 Å². The standard InChI is InChI=1S/C16H20N2O3/c1-4-16(2,3)18-15(21)17-13(10-11-14(19)20)12-8-6-5-7-9-12/h1,5-9,13H,10-11H2,2-3H3,(H,19,20)(H2,17,18,21). The van der Waals surface area contributed by atoms with Gasteiger partial charge in [-0.2, -0.15) is 0 Å². The van der Waals surface area contributed by atoms with Crippen molar-refractivity contribution in [1.29, 1.82) is 0 Å². The minimum atomic E-state index is -0.901. The lowest BCUT2D eigenvalue weighted by atomic mass is 10.0. The minimum absolute atomic E-state index is 0.0294. The lowest BCUT2D eigenvalue weighted by Crippen LogP contribution is -2.48. The average molecular weight is 288 g/mol. The smallest absolute Gasteiger partial charge is 0.316 e. The van der Waals surface area contributed by atoms with E-state index in [0.29, 0.717) is 6.42 Å². The van der Waals surface area contributed by atoms with E-state index in [9.17, 15) is 9.59 Å². The molecule has 0 radical (unpaired) electrons. The number of carboxylic acids is 1. The summed E-state index contributed by atoms with van der Waals surface area (Å²) in [5.74, 6) is 1.57. The average Bonchev–Trinajstić information content (AvgIpc) is 2.43. The predicted molar refractivity (Wildman–Crippen MR) is 80.6 cm³/mol. The molecule has 0 aliphatic carbocycles. The third-order valence-electron chi connectivity index (χ3n) is 2.94. The number of carbonyl (C=O) groups excluding carboxylic acids is 1. The monoisotopic (exact) mass is 288 g/mol. The molecule has 5 heteroatoms. The first kappa shape index (κ1) is 16.6. The Bertz CT molecular complexity index is 532. The van der Waals surface area contributed by atoms with Crippen LogP contribution >= 0.6 is 0 Å². The van der Waals surface area contributed by atoms with Gasteiger partial charge < -0.3 is 15.7 Å². The number of carbonyl (C=O) groups is 2. The van der Waals surface area contributed by atoms with Crippen LogP contribution in [0, 0.1) is 12.3 Å². The molecule has 0 aliphatic heterocycles. The van der Waals surface area contributed by atoms with Crippen LogP contribution in [0.4, 0.5) is 4.79 Å². The van der Waals surface area contributed by atoms with Crippen molar-refractivity contribution < 1.29 is 14.7 Å². The molecule has 3 N–H and O–H groups in total. The molecule has 1 aromatic carbocycles. The fraction of sp³-hybridized carbons (Fsp3) is 0.375. The highest BCUT2D eigenvalue weighted by Gasteiger charge is 2.20. The zero-order valence-electron chi connectivity index (χ0n) is 12.2. The summed E-state index contributed by atoms with van der Waals surface area (Å²) < 4.78 is 0. The van der Waals surface area contributed by atoms with Gasteiger partial charge in [0.25, 0.3) is 0 Å². The summed E-state index contributed by atoms with van der Waals surface area (Å²) in [6.45, 7) is 3.42. The van der Waals surface area contributed by atoms with Crippen LogP contribution in [0.3, 0.4) is 0 Å². The third kappa shape index (κ3) is 6.00. The van der Waals surface area contributed by atoms with Crippen LogP contribution in [0.2, 0.25) is 0 Å². The number of carboxylic acid groups (broad SMARTS) is 1. The Morgan fingerprint density at radius 2 is 1.95 bits per heavy atom. The summed E-state index contributed by atoms with van der Waals surface area (Å²) in [6.07, 6.45) is 5.60. The summed E-state index contributed by atoms with van der Waals surface area (Å²) in [6, 6.07) is 8.44. The van der Waals surface area contributed by atoms with Crippen molar-refractivity contribution in [3.8, 4) is 12.3 Å². The van der Waals surface area contributed by atoms with E-state index in [-0.39, 0.29) is 12.5 Å². The number of hydrogen-bond donors (Lipinski definition) is 3. The molecule has 0 fully saturated rings. The van der Waals surface area contributed by atoms with Crippen LogP contribution in [0.25, 0.3) is 0 Å². The third-order valence-corrected chi connectivity index (χ3v) is 2.94. The Morgan fingerprint density at radius 1 is 1.33 bits per heavy atom. The first-order valence-corrected chi connectivity index (χ1v) is 6.67. The quantitative estimate of drug-likeness (QED) is 0.703. The molecule has 0 aromatic heterocycles. The van der Waals surface area contributed by atoms with Crippen molar-refractivity contribution in [2.75, 3.05) is 0 Å². The molecule has 5 nitrogen and oxygen atoms in total. The predicted octanol–water partition coefficient (Wildman–Crippen LogP) is 2.30. The molecule has 112 valence electrons. The lowest BCUT2D eigenvalue weighted by Gasteiger charge is -2.24. The molecular formula is C16H20N2O3. The van der Waals surface area contributed by atoms with Crippen molar-refractivity contribution >= 4 is 12.0 Å². The van der Waals surface area contributed by atoms with Crippen LogP contribution in [-0.4, -0.2) is 22.6 Å². The van der Waals surface area contributed by atoms with Gasteiger partial charge in [0.1, 0.15) is 0 Å². The second-order valence-corrected chi connectivity index (χ2v) is 5.26. The number of amides is 2. The SMILES string of the molecule is C#CC(C)(C)NC(=O)NC(CCC(=O)O)c1ccccc1. The first-order valence-electron chi connectivity index (χ1n) is 6.67. The van der Waals surface area contributed by atoms with Crippen molar-refractivity contribution in [3.05, 3.63) is 35.9 Å². The molecule has 0 heterocycles. The Balaban J connectivity index is 2.76. The molecule has 1 unspecified atom stereocenters. The molecule has 2 amide bonds. The van der Waals surface area contributed by atoms with Gasteiger partial charge in [-0.1, -0.05) is 36.3 Å². The largest absolute Gasteiger partial charge is 0.481 e. The van der Waals surface area contributed by atoms with Crippen molar-refractivity contribution in [3.63, 3.8) is 0 Å². The van der Waals surface area contributed by atoms with Crippen molar-refractivity contribution in [2.24, 2.45) is 0 Å². The second-order valence-electron chi connectivity index (χ2n) is 5.26. The maximum absolute atomic E-state index is 12.0. The van der Waals surface area contributed by atoms with E-state index in [2.05, 4.69) is 16.6 Å². The second kappa shape index (κ2) is 7.34. The molecule has 0 bridgehead atoms. The number of benzene rings is 1. The van der Waals surface area contributed by atoms with Gasteiger partial charge in [-0.25, -0.2) is 4.79 Å². The summed E-state index contributed by atoms with van der Waals surface area (Å²) in [7, 11) is 0.